The van der Waals surface area contributed by atoms with Gasteiger partial charge in [0, 0.05) is 25.8 Å². The number of hydrogen-bond acceptors (Lipinski definition) is 5. The molecule has 1 fully saturated rings. The van der Waals surface area contributed by atoms with Crippen molar-refractivity contribution in [3.05, 3.63) is 6.07 Å². The number of nitrogens with zero attached hydrogens (tertiary/aromatic N) is 2. The van der Waals surface area contributed by atoms with Crippen LogP contribution < -0.4 is 10.6 Å². The Balaban J connectivity index is 1.98. The van der Waals surface area contributed by atoms with Crippen molar-refractivity contribution in [2.45, 2.75) is 25.9 Å². The van der Waals surface area contributed by atoms with Gasteiger partial charge < -0.3 is 15.4 Å². The summed E-state index contributed by atoms with van der Waals surface area (Å²) in [5, 5.41) is 1.16. The lowest BCUT2D eigenvalue weighted by atomic mass is 10.1. The largest absolute Gasteiger partial charge is 0.383 e. The molecule has 0 radical (unpaired) electrons. The van der Waals surface area contributed by atoms with E-state index in [1.54, 1.807) is 0 Å². The normalized spacial score (nSPS) is 21.9. The Morgan fingerprint density at radius 2 is 2.60 bits per heavy atom. The SMILES string of the molecule is CCOC1CCCN(c2cc(N)ns2)C1. The Hall–Kier alpha value is -0.810. The third-order valence-corrected chi connectivity index (χ3v) is 3.47. The first kappa shape index (κ1) is 10.7. The minimum atomic E-state index is 0.368. The van der Waals surface area contributed by atoms with Crippen molar-refractivity contribution in [1.82, 2.24) is 4.37 Å². The maximum atomic E-state index is 5.65. The van der Waals surface area contributed by atoms with Crippen molar-refractivity contribution in [3.8, 4) is 0 Å². The number of aromatic nitrogens is 1. The molecule has 1 atom stereocenters. The first-order valence-electron chi connectivity index (χ1n) is 5.38. The molecule has 2 N–H and O–H groups in total. The monoisotopic (exact) mass is 227 g/mol. The molecule has 1 aromatic heterocycles. The van der Waals surface area contributed by atoms with Gasteiger partial charge >= 0.3 is 0 Å². The smallest absolute Gasteiger partial charge is 0.139 e. The fourth-order valence-electron chi connectivity index (χ4n) is 1.94. The predicted molar refractivity (Wildman–Crippen MR) is 63.4 cm³/mol. The van der Waals surface area contributed by atoms with Crippen LogP contribution in [0, 0.1) is 0 Å². The lowest BCUT2D eigenvalue weighted by Gasteiger charge is -2.32. The summed E-state index contributed by atoms with van der Waals surface area (Å²) < 4.78 is 9.75. The van der Waals surface area contributed by atoms with Gasteiger partial charge in [0.25, 0.3) is 0 Å². The molecular formula is C10H17N3OS. The Labute approximate surface area is 94.2 Å². The summed E-state index contributed by atoms with van der Waals surface area (Å²) in [5.41, 5.74) is 5.62. The predicted octanol–water partition coefficient (Wildman–Crippen LogP) is 1.73. The zero-order chi connectivity index (χ0) is 10.7. The first-order chi connectivity index (χ1) is 7.29. The molecule has 0 amide bonds. The van der Waals surface area contributed by atoms with E-state index in [1.165, 1.54) is 24.4 Å². The Morgan fingerprint density at radius 3 is 3.27 bits per heavy atom. The molecular weight excluding hydrogens is 210 g/mol. The van der Waals surface area contributed by atoms with E-state index in [0.717, 1.165) is 24.7 Å². The maximum Gasteiger partial charge on any atom is 0.139 e. The van der Waals surface area contributed by atoms with Crippen LogP contribution in [-0.2, 0) is 4.74 Å². The molecule has 1 aromatic rings. The Morgan fingerprint density at radius 1 is 1.73 bits per heavy atom. The topological polar surface area (TPSA) is 51.4 Å². The van der Waals surface area contributed by atoms with Crippen molar-refractivity contribution in [2.75, 3.05) is 30.3 Å². The van der Waals surface area contributed by atoms with E-state index in [-0.39, 0.29) is 0 Å². The molecule has 0 aromatic carbocycles. The van der Waals surface area contributed by atoms with E-state index in [1.807, 2.05) is 13.0 Å². The van der Waals surface area contributed by atoms with Gasteiger partial charge in [-0.1, -0.05) is 0 Å². The van der Waals surface area contributed by atoms with Crippen LogP contribution in [-0.4, -0.2) is 30.2 Å². The number of nitrogen functional groups attached to an aromatic ring is 1. The summed E-state index contributed by atoms with van der Waals surface area (Å²) in [4.78, 5) is 2.32. The van der Waals surface area contributed by atoms with Crippen LogP contribution in [0.3, 0.4) is 0 Å². The van der Waals surface area contributed by atoms with Crippen molar-refractivity contribution in [2.24, 2.45) is 0 Å². The Kier molecular flexibility index (Phi) is 3.43. The molecule has 0 bridgehead atoms. The van der Waals surface area contributed by atoms with Gasteiger partial charge in [0.05, 0.1) is 6.10 Å². The van der Waals surface area contributed by atoms with Gasteiger partial charge in [-0.3, -0.25) is 0 Å². The van der Waals surface area contributed by atoms with Gasteiger partial charge in [-0.25, -0.2) is 0 Å². The highest BCUT2D eigenvalue weighted by atomic mass is 32.1. The highest BCUT2D eigenvalue weighted by Crippen LogP contribution is 2.26. The third-order valence-electron chi connectivity index (χ3n) is 2.61. The lowest BCUT2D eigenvalue weighted by molar-refractivity contribution is 0.0528. The molecule has 1 aliphatic rings. The van der Waals surface area contributed by atoms with Crippen molar-refractivity contribution >= 4 is 22.4 Å². The second kappa shape index (κ2) is 4.81. The van der Waals surface area contributed by atoms with E-state index in [4.69, 9.17) is 10.5 Å². The average molecular weight is 227 g/mol. The summed E-state index contributed by atoms with van der Waals surface area (Å²) in [7, 11) is 0. The summed E-state index contributed by atoms with van der Waals surface area (Å²) in [5.74, 6) is 0.619. The molecule has 84 valence electrons. The van der Waals surface area contributed by atoms with Crippen LogP contribution in [0.25, 0.3) is 0 Å². The van der Waals surface area contributed by atoms with Crippen LogP contribution in [0.2, 0.25) is 0 Å². The molecule has 2 rings (SSSR count). The fourth-order valence-corrected chi connectivity index (χ4v) is 2.64. The van der Waals surface area contributed by atoms with Crippen LogP contribution in [0.15, 0.2) is 6.07 Å². The van der Waals surface area contributed by atoms with Crippen LogP contribution >= 0.6 is 11.5 Å². The molecule has 15 heavy (non-hydrogen) atoms. The number of anilines is 2. The number of rotatable bonds is 3. The van der Waals surface area contributed by atoms with Crippen molar-refractivity contribution < 1.29 is 4.74 Å². The van der Waals surface area contributed by atoms with Gasteiger partial charge in [-0.05, 0) is 31.3 Å². The minimum absolute atomic E-state index is 0.368. The average Bonchev–Trinajstić information content (AvgIpc) is 2.66. The standard InChI is InChI=1S/C10H17N3OS/c1-2-14-8-4-3-5-13(7-8)10-6-9(11)12-15-10/h6,8H,2-5,7H2,1H3,(H2,11,12). The zero-order valence-electron chi connectivity index (χ0n) is 8.98. The highest BCUT2D eigenvalue weighted by molar-refractivity contribution is 7.10. The quantitative estimate of drug-likeness (QED) is 0.854. The van der Waals surface area contributed by atoms with Crippen molar-refractivity contribution in [1.29, 1.82) is 0 Å². The summed E-state index contributed by atoms with van der Waals surface area (Å²) in [6.45, 7) is 4.90. The van der Waals surface area contributed by atoms with Crippen LogP contribution in [0.4, 0.5) is 10.8 Å². The summed E-state index contributed by atoms with van der Waals surface area (Å²) >= 11 is 1.47. The van der Waals surface area contributed by atoms with Crippen LogP contribution in [0.5, 0.6) is 0 Å². The number of piperidine rings is 1. The number of ether oxygens (including phenoxy) is 1. The van der Waals surface area contributed by atoms with Crippen LogP contribution in [0.1, 0.15) is 19.8 Å². The molecule has 4 nitrogen and oxygen atoms in total. The summed E-state index contributed by atoms with van der Waals surface area (Å²) in [6.07, 6.45) is 2.72. The van der Waals surface area contributed by atoms with E-state index in [9.17, 15) is 0 Å². The molecule has 5 heteroatoms. The lowest BCUT2D eigenvalue weighted by Crippen LogP contribution is -2.39. The van der Waals surface area contributed by atoms with E-state index in [0.29, 0.717) is 11.9 Å². The number of nitrogens with two attached hydrogens (primary N) is 1. The number of hydrogen-bond donors (Lipinski definition) is 1. The third kappa shape index (κ3) is 2.60. The molecule has 0 saturated carbocycles. The van der Waals surface area contributed by atoms with Gasteiger partial charge in [-0.15, -0.1) is 0 Å². The molecule has 1 unspecified atom stereocenters. The molecule has 0 spiro atoms. The minimum Gasteiger partial charge on any atom is -0.383 e. The van der Waals surface area contributed by atoms with Gasteiger partial charge in [0.15, 0.2) is 0 Å². The summed E-state index contributed by atoms with van der Waals surface area (Å²) in [6, 6.07) is 1.94. The second-order valence-electron chi connectivity index (χ2n) is 3.76. The van der Waals surface area contributed by atoms with E-state index < -0.39 is 0 Å². The maximum absolute atomic E-state index is 5.65. The Bertz CT molecular complexity index is 313. The van der Waals surface area contributed by atoms with E-state index in [2.05, 4.69) is 9.27 Å². The van der Waals surface area contributed by atoms with Gasteiger partial charge in [-0.2, -0.15) is 4.37 Å². The second-order valence-corrected chi connectivity index (χ2v) is 4.54. The van der Waals surface area contributed by atoms with Gasteiger partial charge in [0.2, 0.25) is 0 Å². The molecule has 0 aliphatic carbocycles. The molecule has 2 heterocycles. The zero-order valence-corrected chi connectivity index (χ0v) is 9.80. The van der Waals surface area contributed by atoms with Gasteiger partial charge in [0.1, 0.15) is 10.8 Å². The van der Waals surface area contributed by atoms with E-state index >= 15 is 0 Å². The first-order valence-corrected chi connectivity index (χ1v) is 6.15. The highest BCUT2D eigenvalue weighted by Gasteiger charge is 2.21. The molecule has 1 aliphatic heterocycles. The fraction of sp³-hybridized carbons (Fsp3) is 0.700. The molecule has 1 saturated heterocycles. The van der Waals surface area contributed by atoms with Crippen molar-refractivity contribution in [3.63, 3.8) is 0 Å².